The van der Waals surface area contributed by atoms with Crippen LogP contribution in [-0.4, -0.2) is 74.0 Å². The van der Waals surface area contributed by atoms with Crippen LogP contribution >= 0.6 is 0 Å². The lowest BCUT2D eigenvalue weighted by Gasteiger charge is -2.61. The lowest BCUT2D eigenvalue weighted by Crippen LogP contribution is -2.59. The van der Waals surface area contributed by atoms with E-state index in [9.17, 15) is 19.2 Å². The molecule has 9 fully saturated rings. The SMILES string of the molecule is CCC(C)C(=O)OC(C)(C)C12CC3CC(CC(C3)C1)C2.CCC(C)C(=O)OC(C)(C)CC.CCC(C)C(=O)OC12CC3CC(CC(C3)C1CC)C2.CCC(C)c1cccc(O)c1.CCC(C)c1cccc(O)c1.CCC(C)c1cccc(O)c1.CCC(C)c1cccc(O)c1.CCC(C)c1cccc(OC(C)=O)c1.CCC(C)c1cccc(OC(C)OCCC2CCCCC2)c1. The highest BCUT2D eigenvalue weighted by atomic mass is 16.7. The molecule has 4 N–H and O–H groups in total. The van der Waals surface area contributed by atoms with Crippen LogP contribution in [0.4, 0.5) is 0 Å². The number of carbonyl (C=O) groups excluding carboxylic acids is 4. The number of hydrogen-bond acceptors (Lipinski definition) is 14. The Balaban J connectivity index is 0.000000264. The second-order valence-corrected chi connectivity index (χ2v) is 41.5. The van der Waals surface area contributed by atoms with Gasteiger partial charge in [0.1, 0.15) is 51.3 Å². The Labute approximate surface area is 796 Å². The molecule has 9 aliphatic rings. The number of phenolic OH excluding ortho intramolecular Hbond substituents is 4. The number of benzene rings is 6. The predicted octanol–water partition coefficient (Wildman–Crippen LogP) is 32.2. The predicted molar refractivity (Wildman–Crippen MR) is 542 cm³/mol. The van der Waals surface area contributed by atoms with Crippen molar-refractivity contribution in [1.82, 2.24) is 0 Å². The van der Waals surface area contributed by atoms with E-state index in [0.29, 0.717) is 70.2 Å². The van der Waals surface area contributed by atoms with Crippen molar-refractivity contribution in [2.45, 2.75) is 418 Å². The number of rotatable bonds is 31. The van der Waals surface area contributed by atoms with Crippen LogP contribution in [0, 0.1) is 70.5 Å². The quantitative estimate of drug-likeness (QED) is 0.0138. The molecule has 6 aromatic carbocycles. The third-order valence-corrected chi connectivity index (χ3v) is 30.6. The van der Waals surface area contributed by atoms with Crippen molar-refractivity contribution >= 4 is 23.9 Å². The van der Waals surface area contributed by atoms with E-state index in [2.05, 4.69) is 142 Å². The summed E-state index contributed by atoms with van der Waals surface area (Å²) in [7, 11) is 0. The largest absolute Gasteiger partial charge is 0.508 e. The van der Waals surface area contributed by atoms with Crippen molar-refractivity contribution in [2.24, 2.45) is 70.5 Å². The Morgan fingerprint density at radius 1 is 0.397 bits per heavy atom. The number of aromatic hydroxyl groups is 4. The molecular weight excluding hydrogens is 1630 g/mol. The Morgan fingerprint density at radius 3 is 1.06 bits per heavy atom. The van der Waals surface area contributed by atoms with Crippen LogP contribution in [0.15, 0.2) is 146 Å². The maximum atomic E-state index is 12.3. The van der Waals surface area contributed by atoms with E-state index in [0.717, 1.165) is 131 Å². The van der Waals surface area contributed by atoms with Gasteiger partial charge in [-0.25, -0.2) is 0 Å². The Morgan fingerprint density at radius 2 is 0.725 bits per heavy atom. The molecule has 14 nitrogen and oxygen atoms in total. The van der Waals surface area contributed by atoms with Crippen molar-refractivity contribution in [3.8, 4) is 34.5 Å². The van der Waals surface area contributed by atoms with Gasteiger partial charge >= 0.3 is 23.9 Å². The van der Waals surface area contributed by atoms with Crippen molar-refractivity contribution in [3.63, 3.8) is 0 Å². The zero-order chi connectivity index (χ0) is 97.3. The standard InChI is InChI=1S/C20H32O2.C18H30O2.C17H28O2.C12H16O2.C10H20O2.4C10H14O/c1-4-16(2)19-11-8-12-20(15-19)22-17(3)21-14-13-18-9-6-5-7-10-18;1-5-12(2)16(19)20-17(3,4)18-9-13-6-14(10-18)8-15(7-13)11-18;1-4-11(3)16(18)19-17-9-12-6-13(10-17)8-14(7-12)15(17)5-2;1-4-9(2)11-6-5-7-12(8-11)14-10(3)13;1-6-8(3)9(11)12-10(4,5)7-2;4*1-3-8(2)9-5-4-6-10(11)7-9/h8,11-12,15-18H,4-7,9-10,13-14H2,1-3H3;12-15H,5-11H2,1-4H3;11-15H,4-10H2,1-3H3;5-9H,4H2,1-3H3;8H,6-7H2,1-5H3;4*4-8,11H,3H2,1-2H3. The first-order valence-corrected chi connectivity index (χ1v) is 51.6. The fourth-order valence-corrected chi connectivity index (χ4v) is 20.3. The summed E-state index contributed by atoms with van der Waals surface area (Å²) in [5.74, 6) is 12.8. The lowest BCUT2D eigenvalue weighted by molar-refractivity contribution is -0.212. The number of ether oxygens (including phenoxy) is 6. The maximum absolute atomic E-state index is 12.3. The van der Waals surface area contributed by atoms with Gasteiger partial charge in [-0.05, 0) is 365 Å². The summed E-state index contributed by atoms with van der Waals surface area (Å²) < 4.78 is 34.3. The summed E-state index contributed by atoms with van der Waals surface area (Å²) in [6, 6.07) is 46.0. The molecule has 13 unspecified atom stereocenters. The third kappa shape index (κ3) is 37.7. The molecule has 9 aliphatic carbocycles. The molecular formula is C117H182O14. The molecule has 734 valence electrons. The Kier molecular flexibility index (Phi) is 49.6. The zero-order valence-electron chi connectivity index (χ0n) is 86.6. The van der Waals surface area contributed by atoms with E-state index in [1.807, 2.05) is 146 Å². The van der Waals surface area contributed by atoms with Crippen LogP contribution in [0.5, 0.6) is 34.5 Å². The second kappa shape index (κ2) is 57.1. The Bertz CT molecular complexity index is 3990. The summed E-state index contributed by atoms with van der Waals surface area (Å²) in [4.78, 5) is 46.6. The number of esters is 4. The van der Waals surface area contributed by atoms with Gasteiger partial charge in [0.15, 0.2) is 6.29 Å². The van der Waals surface area contributed by atoms with Gasteiger partial charge in [-0.3, -0.25) is 19.2 Å². The van der Waals surface area contributed by atoms with E-state index in [1.54, 1.807) is 30.3 Å². The smallest absolute Gasteiger partial charge is 0.309 e. The molecule has 9 saturated carbocycles. The van der Waals surface area contributed by atoms with E-state index < -0.39 is 0 Å². The zero-order valence-corrected chi connectivity index (χ0v) is 86.6. The monoisotopic (exact) mass is 1810 g/mol. The minimum Gasteiger partial charge on any atom is -0.508 e. The van der Waals surface area contributed by atoms with E-state index in [1.165, 1.54) is 143 Å². The molecule has 13 atom stereocenters. The second-order valence-electron chi connectivity index (χ2n) is 41.5. The average Bonchev–Trinajstić information content (AvgIpc) is 0.726. The molecule has 0 radical (unpaired) electrons. The van der Waals surface area contributed by atoms with Crippen LogP contribution < -0.4 is 9.47 Å². The highest BCUT2D eigenvalue weighted by molar-refractivity contribution is 5.73. The van der Waals surface area contributed by atoms with Crippen LogP contribution in [0.2, 0.25) is 0 Å². The van der Waals surface area contributed by atoms with Gasteiger partial charge in [-0.2, -0.15) is 0 Å². The fraction of sp³-hybridized carbons (Fsp3) is 0.658. The molecule has 0 saturated heterocycles. The first kappa shape index (κ1) is 114. The normalized spacial score (nSPS) is 22.9. The van der Waals surface area contributed by atoms with Gasteiger partial charge in [0.2, 0.25) is 0 Å². The minimum absolute atomic E-state index is 0.00763. The Hall–Kier alpha value is -7.84. The molecule has 131 heavy (non-hydrogen) atoms. The molecule has 8 bridgehead atoms. The summed E-state index contributed by atoms with van der Waals surface area (Å²) in [5, 5.41) is 36.6. The van der Waals surface area contributed by atoms with Crippen molar-refractivity contribution in [3.05, 3.63) is 179 Å². The van der Waals surface area contributed by atoms with Gasteiger partial charge in [0.25, 0.3) is 0 Å². The van der Waals surface area contributed by atoms with Crippen molar-refractivity contribution < 1.29 is 68.0 Å². The first-order valence-electron chi connectivity index (χ1n) is 51.6. The molecule has 0 spiro atoms. The third-order valence-electron chi connectivity index (χ3n) is 30.6. The van der Waals surface area contributed by atoms with Gasteiger partial charge in [0, 0.05) is 18.3 Å². The molecule has 0 amide bonds. The molecule has 0 aromatic heterocycles. The number of phenols is 4. The number of carbonyl (C=O) groups is 4. The molecule has 6 aromatic rings. The molecule has 0 aliphatic heterocycles. The van der Waals surface area contributed by atoms with Crippen LogP contribution in [0.25, 0.3) is 0 Å². The summed E-state index contributed by atoms with van der Waals surface area (Å²) in [6.45, 7) is 54.8. The van der Waals surface area contributed by atoms with E-state index in [-0.39, 0.29) is 70.1 Å². The van der Waals surface area contributed by atoms with E-state index >= 15 is 0 Å². The van der Waals surface area contributed by atoms with Gasteiger partial charge in [-0.15, -0.1) is 0 Å². The van der Waals surface area contributed by atoms with Crippen molar-refractivity contribution in [2.75, 3.05) is 6.61 Å². The fourth-order valence-electron chi connectivity index (χ4n) is 20.3. The highest BCUT2D eigenvalue weighted by Gasteiger charge is 2.60. The highest BCUT2D eigenvalue weighted by Crippen LogP contribution is 2.65. The minimum atomic E-state index is -0.305. The van der Waals surface area contributed by atoms with Crippen molar-refractivity contribution in [1.29, 1.82) is 0 Å². The van der Waals surface area contributed by atoms with Gasteiger partial charge < -0.3 is 48.8 Å². The van der Waals surface area contributed by atoms with Crippen LogP contribution in [-0.2, 0) is 38.1 Å². The maximum Gasteiger partial charge on any atom is 0.309 e. The summed E-state index contributed by atoms with van der Waals surface area (Å²) in [5.41, 5.74) is 7.01. The van der Waals surface area contributed by atoms with Crippen LogP contribution in [0.1, 0.15) is 429 Å². The van der Waals surface area contributed by atoms with Crippen LogP contribution in [0.3, 0.4) is 0 Å². The van der Waals surface area contributed by atoms with E-state index in [4.69, 9.17) is 48.8 Å². The summed E-state index contributed by atoms with van der Waals surface area (Å²) in [6.07, 6.45) is 34.0. The lowest BCUT2D eigenvalue weighted by atomic mass is 9.46. The van der Waals surface area contributed by atoms with Gasteiger partial charge in [0.05, 0.1) is 24.4 Å². The molecule has 15 rings (SSSR count). The first-order chi connectivity index (χ1) is 62.1. The molecule has 14 heteroatoms. The average molecular weight is 1810 g/mol. The topological polar surface area (TPSA) is 205 Å². The number of hydrogen-bond donors (Lipinski definition) is 4. The summed E-state index contributed by atoms with van der Waals surface area (Å²) >= 11 is 0. The molecule has 0 heterocycles. The van der Waals surface area contributed by atoms with Gasteiger partial charge in [-0.1, -0.05) is 243 Å².